The average Bonchev–Trinajstić information content (AvgIpc) is 3.19. The van der Waals surface area contributed by atoms with E-state index in [4.69, 9.17) is 27.1 Å². The Morgan fingerprint density at radius 1 is 1.34 bits per heavy atom. The van der Waals surface area contributed by atoms with Crippen molar-refractivity contribution in [3.8, 4) is 11.4 Å². The molecule has 3 N–H and O–H groups in total. The minimum Gasteiger partial charge on any atom is -0.378 e. The van der Waals surface area contributed by atoms with E-state index in [0.717, 1.165) is 29.5 Å². The molecule has 2 unspecified atom stereocenters. The number of halogens is 1. The SMILES string of the molecule is CC1CC(N2C(=O)C[C@@](C)(c3ccc4[nH]c(-c5cccnc5)nc4c3Cl)N=C2N)CCO1. The van der Waals surface area contributed by atoms with Crippen LogP contribution in [0.1, 0.15) is 38.7 Å². The summed E-state index contributed by atoms with van der Waals surface area (Å²) in [5.41, 5.74) is 8.50. The molecule has 2 aliphatic rings. The summed E-state index contributed by atoms with van der Waals surface area (Å²) in [5.74, 6) is 0.866. The number of hydrogen-bond acceptors (Lipinski definition) is 6. The van der Waals surface area contributed by atoms with Crippen molar-refractivity contribution in [2.45, 2.75) is 50.8 Å². The number of guanidine groups is 1. The summed E-state index contributed by atoms with van der Waals surface area (Å²) in [7, 11) is 0. The quantitative estimate of drug-likeness (QED) is 0.630. The van der Waals surface area contributed by atoms with Gasteiger partial charge in [0.15, 0.2) is 5.96 Å². The second-order valence-electron chi connectivity index (χ2n) is 8.69. The van der Waals surface area contributed by atoms with Gasteiger partial charge in [0.2, 0.25) is 5.91 Å². The number of nitrogens with zero attached hydrogens (tertiary/aromatic N) is 4. The van der Waals surface area contributed by atoms with Crippen LogP contribution in [0.4, 0.5) is 0 Å². The molecule has 2 aromatic heterocycles. The van der Waals surface area contributed by atoms with Crippen LogP contribution in [0, 0.1) is 0 Å². The third-order valence-electron chi connectivity index (χ3n) is 6.30. The number of aromatic nitrogens is 3. The lowest BCUT2D eigenvalue weighted by Crippen LogP contribution is -2.56. The molecule has 0 radical (unpaired) electrons. The van der Waals surface area contributed by atoms with Crippen molar-refractivity contribution >= 4 is 34.5 Å². The van der Waals surface area contributed by atoms with Crippen molar-refractivity contribution in [1.29, 1.82) is 0 Å². The van der Waals surface area contributed by atoms with Gasteiger partial charge in [-0.05, 0) is 44.9 Å². The number of benzene rings is 1. The Labute approximate surface area is 190 Å². The second-order valence-corrected chi connectivity index (χ2v) is 9.07. The summed E-state index contributed by atoms with van der Waals surface area (Å²) in [5, 5.41) is 0.467. The highest BCUT2D eigenvalue weighted by atomic mass is 35.5. The van der Waals surface area contributed by atoms with Crippen molar-refractivity contribution in [3.05, 3.63) is 47.2 Å². The summed E-state index contributed by atoms with van der Waals surface area (Å²) in [6.07, 6.45) is 5.23. The summed E-state index contributed by atoms with van der Waals surface area (Å²) < 4.78 is 5.62. The number of ether oxygens (including phenoxy) is 1. The largest absolute Gasteiger partial charge is 0.378 e. The van der Waals surface area contributed by atoms with E-state index in [-0.39, 0.29) is 30.4 Å². The van der Waals surface area contributed by atoms with E-state index in [1.165, 1.54) is 0 Å². The molecule has 3 aromatic rings. The molecule has 1 saturated heterocycles. The molecule has 8 nitrogen and oxygen atoms in total. The molecule has 32 heavy (non-hydrogen) atoms. The van der Waals surface area contributed by atoms with Gasteiger partial charge in [-0.3, -0.25) is 14.7 Å². The predicted molar refractivity (Wildman–Crippen MR) is 123 cm³/mol. The minimum absolute atomic E-state index is 0.00545. The van der Waals surface area contributed by atoms with Crippen molar-refractivity contribution < 1.29 is 9.53 Å². The van der Waals surface area contributed by atoms with E-state index in [9.17, 15) is 4.79 Å². The molecule has 4 heterocycles. The number of imidazole rings is 1. The van der Waals surface area contributed by atoms with E-state index in [0.29, 0.717) is 23.0 Å². The summed E-state index contributed by atoms with van der Waals surface area (Å²) in [6.45, 7) is 4.52. The Balaban J connectivity index is 1.52. The lowest BCUT2D eigenvalue weighted by molar-refractivity contribution is -0.133. The van der Waals surface area contributed by atoms with Gasteiger partial charge >= 0.3 is 0 Å². The Hall–Kier alpha value is -2.97. The van der Waals surface area contributed by atoms with Crippen LogP contribution in [-0.2, 0) is 15.1 Å². The van der Waals surface area contributed by atoms with Crippen molar-refractivity contribution in [1.82, 2.24) is 19.9 Å². The number of nitrogens with one attached hydrogen (secondary N) is 1. The summed E-state index contributed by atoms with van der Waals surface area (Å²) in [6, 6.07) is 7.60. The molecule has 9 heteroatoms. The number of rotatable bonds is 3. The van der Waals surface area contributed by atoms with Gasteiger partial charge < -0.3 is 15.5 Å². The molecule has 0 bridgehead atoms. The number of aromatic amines is 1. The Kier molecular flexibility index (Phi) is 5.14. The number of amides is 1. The smallest absolute Gasteiger partial charge is 0.232 e. The van der Waals surface area contributed by atoms with E-state index in [1.54, 1.807) is 17.3 Å². The number of H-pyrrole nitrogens is 1. The van der Waals surface area contributed by atoms with Gasteiger partial charge in [-0.1, -0.05) is 17.7 Å². The molecule has 2 aliphatic heterocycles. The standard InChI is InChI=1S/C23H25ClN6O2/c1-13-10-15(7-9-32-13)30-18(31)11-23(2,29-22(30)25)16-5-6-17-20(19(16)24)28-21(27-17)14-4-3-8-26-12-14/h3-6,8,12-13,15H,7,9-11H2,1-2H3,(H2,25,29)(H,27,28)/t13?,15?,23-/m0/s1. The number of aliphatic imine (C=N–C) groups is 1. The molecule has 0 spiro atoms. The lowest BCUT2D eigenvalue weighted by atomic mass is 9.86. The van der Waals surface area contributed by atoms with E-state index in [2.05, 4.69) is 15.0 Å². The first-order valence-corrected chi connectivity index (χ1v) is 11.1. The van der Waals surface area contributed by atoms with Crippen molar-refractivity contribution in [3.63, 3.8) is 0 Å². The third kappa shape index (κ3) is 3.53. The van der Waals surface area contributed by atoms with Crippen LogP contribution in [-0.4, -0.2) is 50.5 Å². The maximum absolute atomic E-state index is 13.2. The number of nitrogens with two attached hydrogens (primary N) is 1. The third-order valence-corrected chi connectivity index (χ3v) is 6.69. The number of pyridine rings is 1. The zero-order valence-electron chi connectivity index (χ0n) is 18.0. The topological polar surface area (TPSA) is 109 Å². The number of fused-ring (bicyclic) bond motifs is 1. The molecule has 1 aromatic carbocycles. The van der Waals surface area contributed by atoms with Gasteiger partial charge in [0.25, 0.3) is 0 Å². The summed E-state index contributed by atoms with van der Waals surface area (Å²) >= 11 is 6.82. The second kappa shape index (κ2) is 7.86. The van der Waals surface area contributed by atoms with Crippen LogP contribution in [0.5, 0.6) is 0 Å². The minimum atomic E-state index is -0.868. The van der Waals surface area contributed by atoms with Gasteiger partial charge in [0.1, 0.15) is 11.3 Å². The maximum Gasteiger partial charge on any atom is 0.232 e. The van der Waals surface area contributed by atoms with Crippen LogP contribution in [0.25, 0.3) is 22.4 Å². The molecule has 1 amide bonds. The van der Waals surface area contributed by atoms with Crippen LogP contribution in [0.3, 0.4) is 0 Å². The molecular weight excluding hydrogens is 428 g/mol. The predicted octanol–water partition coefficient (Wildman–Crippen LogP) is 3.61. The highest BCUT2D eigenvalue weighted by molar-refractivity contribution is 6.36. The lowest BCUT2D eigenvalue weighted by Gasteiger charge is -2.41. The van der Waals surface area contributed by atoms with Crippen molar-refractivity contribution in [2.24, 2.45) is 10.7 Å². The number of hydrogen-bond donors (Lipinski definition) is 2. The Morgan fingerprint density at radius 3 is 2.91 bits per heavy atom. The van der Waals surface area contributed by atoms with Gasteiger partial charge in [0.05, 0.1) is 28.6 Å². The van der Waals surface area contributed by atoms with Crippen molar-refractivity contribution in [2.75, 3.05) is 6.61 Å². The number of carbonyl (C=O) groups excluding carboxylic acids is 1. The first-order valence-electron chi connectivity index (χ1n) is 10.7. The van der Waals surface area contributed by atoms with Crippen LogP contribution >= 0.6 is 11.6 Å². The molecular formula is C23H25ClN6O2. The Morgan fingerprint density at radius 2 is 2.19 bits per heavy atom. The highest BCUT2D eigenvalue weighted by Gasteiger charge is 2.42. The molecule has 0 saturated carbocycles. The molecule has 166 valence electrons. The van der Waals surface area contributed by atoms with Gasteiger partial charge in [-0.2, -0.15) is 0 Å². The van der Waals surface area contributed by atoms with Crippen LogP contribution < -0.4 is 5.73 Å². The monoisotopic (exact) mass is 452 g/mol. The highest BCUT2D eigenvalue weighted by Crippen LogP contribution is 2.41. The fourth-order valence-corrected chi connectivity index (χ4v) is 5.12. The average molecular weight is 453 g/mol. The molecule has 3 atom stereocenters. The molecule has 5 rings (SSSR count). The zero-order valence-corrected chi connectivity index (χ0v) is 18.8. The fraction of sp³-hybridized carbons (Fsp3) is 0.391. The van der Waals surface area contributed by atoms with Gasteiger partial charge in [-0.25, -0.2) is 9.98 Å². The summed E-state index contributed by atoms with van der Waals surface area (Å²) in [4.78, 5) is 31.8. The normalized spacial score (nSPS) is 26.4. The van der Waals surface area contributed by atoms with Gasteiger partial charge in [-0.15, -0.1) is 0 Å². The van der Waals surface area contributed by atoms with Crippen LogP contribution in [0.2, 0.25) is 5.02 Å². The zero-order chi connectivity index (χ0) is 22.5. The molecule has 1 fully saturated rings. The molecule has 0 aliphatic carbocycles. The Bertz CT molecular complexity index is 1210. The van der Waals surface area contributed by atoms with E-state index >= 15 is 0 Å². The number of carbonyl (C=O) groups is 1. The van der Waals surface area contributed by atoms with Gasteiger partial charge in [0, 0.05) is 36.2 Å². The first kappa shape index (κ1) is 20.9. The first-order chi connectivity index (χ1) is 15.4. The maximum atomic E-state index is 13.2. The fourth-order valence-electron chi connectivity index (χ4n) is 4.71. The van der Waals surface area contributed by atoms with E-state index in [1.807, 2.05) is 38.1 Å². The van der Waals surface area contributed by atoms with E-state index < -0.39 is 5.54 Å². The van der Waals surface area contributed by atoms with Crippen LogP contribution in [0.15, 0.2) is 41.7 Å².